The van der Waals surface area contributed by atoms with Crippen molar-refractivity contribution in [2.24, 2.45) is 0 Å². The predicted molar refractivity (Wildman–Crippen MR) is 70.0 cm³/mol. The van der Waals surface area contributed by atoms with Crippen molar-refractivity contribution >= 4 is 18.0 Å². The first-order valence-corrected chi connectivity index (χ1v) is 5.59. The van der Waals surface area contributed by atoms with Gasteiger partial charge in [0.15, 0.2) is 0 Å². The average Bonchev–Trinajstić information content (AvgIpc) is 2.36. The van der Waals surface area contributed by atoms with Crippen LogP contribution in [0.1, 0.15) is 25.0 Å². The lowest BCUT2D eigenvalue weighted by molar-refractivity contribution is -0.145. The highest BCUT2D eigenvalue weighted by atomic mass is 16.4. The number of carboxylic acids is 1. The summed E-state index contributed by atoms with van der Waals surface area (Å²) in [6, 6.07) is 8.73. The molecular formula is C14H14N2O3. The third-order valence-corrected chi connectivity index (χ3v) is 2.41. The number of carbonyl (C=O) groups excluding carboxylic acids is 1. The zero-order chi connectivity index (χ0) is 14.5. The van der Waals surface area contributed by atoms with Crippen LogP contribution in [0.15, 0.2) is 30.3 Å². The number of aliphatic carboxylic acids is 1. The molecule has 98 valence electrons. The van der Waals surface area contributed by atoms with Gasteiger partial charge in [-0.2, -0.15) is 5.26 Å². The van der Waals surface area contributed by atoms with Crippen LogP contribution in [-0.4, -0.2) is 22.5 Å². The molecule has 0 saturated carbocycles. The molecule has 0 radical (unpaired) electrons. The van der Waals surface area contributed by atoms with E-state index in [0.717, 1.165) is 0 Å². The quantitative estimate of drug-likeness (QED) is 0.802. The van der Waals surface area contributed by atoms with Gasteiger partial charge in [-0.3, -0.25) is 4.79 Å². The van der Waals surface area contributed by atoms with Gasteiger partial charge >= 0.3 is 5.97 Å². The largest absolute Gasteiger partial charge is 0.480 e. The molecule has 0 fully saturated rings. The molecule has 5 nitrogen and oxygen atoms in total. The van der Waals surface area contributed by atoms with Gasteiger partial charge in [-0.1, -0.05) is 12.1 Å². The maximum absolute atomic E-state index is 11.6. The summed E-state index contributed by atoms with van der Waals surface area (Å²) in [5, 5.41) is 20.0. The van der Waals surface area contributed by atoms with Crippen LogP contribution in [0.3, 0.4) is 0 Å². The molecule has 0 aromatic heterocycles. The number of nitrogens with zero attached hydrogens (tertiary/aromatic N) is 1. The minimum absolute atomic E-state index is 0.494. The third kappa shape index (κ3) is 4.28. The monoisotopic (exact) mass is 258 g/mol. The lowest BCUT2D eigenvalue weighted by Crippen LogP contribution is -2.49. The number of carboxylic acid groups (broad SMARTS) is 1. The first kappa shape index (κ1) is 14.5. The van der Waals surface area contributed by atoms with Gasteiger partial charge in [0.05, 0.1) is 11.6 Å². The fourth-order valence-electron chi connectivity index (χ4n) is 1.29. The molecule has 0 bridgehead atoms. The Bertz CT molecular complexity index is 568. The number of rotatable bonds is 4. The average molecular weight is 258 g/mol. The number of amides is 1. The molecule has 0 aliphatic heterocycles. The molecule has 0 saturated heterocycles. The lowest BCUT2D eigenvalue weighted by atomic mass is 10.1. The zero-order valence-electron chi connectivity index (χ0n) is 10.7. The van der Waals surface area contributed by atoms with E-state index in [4.69, 9.17) is 10.4 Å². The summed E-state index contributed by atoms with van der Waals surface area (Å²) >= 11 is 0. The molecule has 0 aliphatic carbocycles. The molecule has 5 heteroatoms. The van der Waals surface area contributed by atoms with Gasteiger partial charge in [0.1, 0.15) is 5.54 Å². The fraction of sp³-hybridized carbons (Fsp3) is 0.214. The van der Waals surface area contributed by atoms with Crippen LogP contribution in [0, 0.1) is 11.3 Å². The van der Waals surface area contributed by atoms with E-state index in [1.54, 1.807) is 24.3 Å². The standard InChI is InChI=1S/C14H14N2O3/c1-14(2,13(18)19)16-12(17)7-6-10-4-3-5-11(8-10)9-15/h3-8H,1-2H3,(H,16,17)(H,18,19). The summed E-state index contributed by atoms with van der Waals surface area (Å²) in [5.41, 5.74) is -0.133. The SMILES string of the molecule is CC(C)(NC(=O)C=Cc1cccc(C#N)c1)C(=O)O. The van der Waals surface area contributed by atoms with Crippen LogP contribution >= 0.6 is 0 Å². The highest BCUT2D eigenvalue weighted by Crippen LogP contribution is 2.07. The second-order valence-corrected chi connectivity index (χ2v) is 4.49. The van der Waals surface area contributed by atoms with Crippen molar-refractivity contribution in [2.45, 2.75) is 19.4 Å². The van der Waals surface area contributed by atoms with Crippen LogP contribution in [0.4, 0.5) is 0 Å². The molecule has 1 amide bonds. The molecule has 19 heavy (non-hydrogen) atoms. The minimum Gasteiger partial charge on any atom is -0.480 e. The molecule has 2 N–H and O–H groups in total. The van der Waals surface area contributed by atoms with Gasteiger partial charge in [-0.05, 0) is 37.6 Å². The van der Waals surface area contributed by atoms with Crippen molar-refractivity contribution in [3.05, 3.63) is 41.5 Å². The van der Waals surface area contributed by atoms with E-state index in [2.05, 4.69) is 5.32 Å². The molecule has 0 heterocycles. The van der Waals surface area contributed by atoms with Gasteiger partial charge in [0.2, 0.25) is 5.91 Å². The number of hydrogen-bond acceptors (Lipinski definition) is 3. The Labute approximate surface area is 111 Å². The van der Waals surface area contributed by atoms with E-state index in [9.17, 15) is 9.59 Å². The number of nitrogens with one attached hydrogen (secondary N) is 1. The van der Waals surface area contributed by atoms with Crippen molar-refractivity contribution in [2.75, 3.05) is 0 Å². The second kappa shape index (κ2) is 5.83. The zero-order valence-corrected chi connectivity index (χ0v) is 10.7. The highest BCUT2D eigenvalue weighted by Gasteiger charge is 2.27. The normalized spacial score (nSPS) is 11.0. The summed E-state index contributed by atoms with van der Waals surface area (Å²) in [4.78, 5) is 22.4. The number of nitriles is 1. The van der Waals surface area contributed by atoms with Crippen LogP contribution in [0.5, 0.6) is 0 Å². The van der Waals surface area contributed by atoms with Crippen molar-refractivity contribution in [3.63, 3.8) is 0 Å². The van der Waals surface area contributed by atoms with Gasteiger partial charge in [-0.15, -0.1) is 0 Å². The fourth-order valence-corrected chi connectivity index (χ4v) is 1.29. The van der Waals surface area contributed by atoms with Crippen LogP contribution in [-0.2, 0) is 9.59 Å². The van der Waals surface area contributed by atoms with Crippen molar-refractivity contribution in [1.29, 1.82) is 5.26 Å². The molecule has 1 rings (SSSR count). The van der Waals surface area contributed by atoms with Gasteiger partial charge in [-0.25, -0.2) is 4.79 Å². The van der Waals surface area contributed by atoms with Gasteiger partial charge in [0.25, 0.3) is 0 Å². The Balaban J connectivity index is 2.74. The van der Waals surface area contributed by atoms with E-state index >= 15 is 0 Å². The van der Waals surface area contributed by atoms with Crippen LogP contribution < -0.4 is 5.32 Å². The van der Waals surface area contributed by atoms with E-state index < -0.39 is 17.4 Å². The minimum atomic E-state index is -1.32. The van der Waals surface area contributed by atoms with E-state index in [-0.39, 0.29) is 0 Å². The Morgan fingerprint density at radius 2 is 2.11 bits per heavy atom. The molecule has 1 aromatic rings. The first-order valence-electron chi connectivity index (χ1n) is 5.59. The van der Waals surface area contributed by atoms with Crippen molar-refractivity contribution in [1.82, 2.24) is 5.32 Å². The van der Waals surface area contributed by atoms with E-state index in [1.807, 2.05) is 6.07 Å². The van der Waals surface area contributed by atoms with E-state index in [0.29, 0.717) is 11.1 Å². The Kier molecular flexibility index (Phi) is 4.43. The topological polar surface area (TPSA) is 90.2 Å². The summed E-state index contributed by atoms with van der Waals surface area (Å²) in [6.45, 7) is 2.80. The summed E-state index contributed by atoms with van der Waals surface area (Å²) < 4.78 is 0. The summed E-state index contributed by atoms with van der Waals surface area (Å²) in [6.07, 6.45) is 2.76. The number of hydrogen-bond donors (Lipinski definition) is 2. The Morgan fingerprint density at radius 3 is 2.68 bits per heavy atom. The highest BCUT2D eigenvalue weighted by molar-refractivity contribution is 5.95. The van der Waals surface area contributed by atoms with Gasteiger partial charge < -0.3 is 10.4 Å². The maximum Gasteiger partial charge on any atom is 0.328 e. The van der Waals surface area contributed by atoms with Gasteiger partial charge in [0, 0.05) is 6.08 Å². The molecule has 1 aromatic carbocycles. The number of benzene rings is 1. The predicted octanol–water partition coefficient (Wildman–Crippen LogP) is 1.55. The van der Waals surface area contributed by atoms with E-state index in [1.165, 1.54) is 26.0 Å². The molecular weight excluding hydrogens is 244 g/mol. The van der Waals surface area contributed by atoms with Crippen molar-refractivity contribution in [3.8, 4) is 6.07 Å². The smallest absolute Gasteiger partial charge is 0.328 e. The molecule has 0 aliphatic rings. The molecule has 0 unspecified atom stereocenters. The van der Waals surface area contributed by atoms with Crippen molar-refractivity contribution < 1.29 is 14.7 Å². The first-order chi connectivity index (χ1) is 8.85. The third-order valence-electron chi connectivity index (χ3n) is 2.41. The Hall–Kier alpha value is -2.61. The lowest BCUT2D eigenvalue weighted by Gasteiger charge is -2.19. The maximum atomic E-state index is 11.6. The number of carbonyl (C=O) groups is 2. The second-order valence-electron chi connectivity index (χ2n) is 4.49. The Morgan fingerprint density at radius 1 is 1.42 bits per heavy atom. The van der Waals surface area contributed by atoms with Crippen LogP contribution in [0.2, 0.25) is 0 Å². The molecule has 0 atom stereocenters. The summed E-state index contributed by atoms with van der Waals surface area (Å²) in [5.74, 6) is -1.62. The van der Waals surface area contributed by atoms with Crippen LogP contribution in [0.25, 0.3) is 6.08 Å². The summed E-state index contributed by atoms with van der Waals surface area (Å²) in [7, 11) is 0. The molecule has 0 spiro atoms.